The monoisotopic (exact) mass is 235 g/mol. The highest BCUT2D eigenvalue weighted by molar-refractivity contribution is 7.99. The first kappa shape index (κ1) is 12.0. The van der Waals surface area contributed by atoms with Gasteiger partial charge in [-0.1, -0.05) is 30.7 Å². The molecular weight excluding hydrogens is 214 g/mol. The lowest BCUT2D eigenvalue weighted by atomic mass is 9.99. The lowest BCUT2D eigenvalue weighted by Crippen LogP contribution is -2.39. The van der Waals surface area contributed by atoms with Crippen LogP contribution in [0.4, 0.5) is 0 Å². The zero-order chi connectivity index (χ0) is 11.5. The Morgan fingerprint density at radius 2 is 2.12 bits per heavy atom. The van der Waals surface area contributed by atoms with Crippen LogP contribution in [0, 0.1) is 13.8 Å². The quantitative estimate of drug-likeness (QED) is 0.842. The van der Waals surface area contributed by atoms with Crippen LogP contribution >= 0.6 is 11.8 Å². The number of rotatable bonds is 2. The standard InChI is InChI=1S/C14H21NS/c1-4-12-8-16-9-14(15-12)13-7-10(2)5-6-11(13)3/h5-7,12,14-15H,4,8-9H2,1-3H3. The van der Waals surface area contributed by atoms with Crippen molar-refractivity contribution >= 4 is 11.8 Å². The predicted molar refractivity (Wildman–Crippen MR) is 73.2 cm³/mol. The molecule has 0 saturated carbocycles. The summed E-state index contributed by atoms with van der Waals surface area (Å²) in [6.07, 6.45) is 1.23. The van der Waals surface area contributed by atoms with Crippen LogP contribution in [0.15, 0.2) is 18.2 Å². The van der Waals surface area contributed by atoms with Gasteiger partial charge in [0.1, 0.15) is 0 Å². The molecule has 2 heteroatoms. The van der Waals surface area contributed by atoms with Crippen LogP contribution in [0.3, 0.4) is 0 Å². The molecule has 2 rings (SSSR count). The number of hydrogen-bond donors (Lipinski definition) is 1. The Morgan fingerprint density at radius 3 is 2.88 bits per heavy atom. The van der Waals surface area contributed by atoms with E-state index < -0.39 is 0 Å². The average Bonchev–Trinajstić information content (AvgIpc) is 2.32. The zero-order valence-corrected chi connectivity index (χ0v) is 11.2. The zero-order valence-electron chi connectivity index (χ0n) is 10.4. The SMILES string of the molecule is CCC1CSCC(c2cc(C)ccc2C)N1. The van der Waals surface area contributed by atoms with Gasteiger partial charge in [0.2, 0.25) is 0 Å². The van der Waals surface area contributed by atoms with Crippen molar-refractivity contribution in [3.05, 3.63) is 34.9 Å². The number of benzene rings is 1. The molecule has 0 radical (unpaired) electrons. The minimum absolute atomic E-state index is 0.545. The van der Waals surface area contributed by atoms with Crippen LogP contribution in [0.2, 0.25) is 0 Å². The van der Waals surface area contributed by atoms with Gasteiger partial charge in [-0.25, -0.2) is 0 Å². The summed E-state index contributed by atoms with van der Waals surface area (Å²) in [5.41, 5.74) is 4.28. The van der Waals surface area contributed by atoms with Crippen molar-refractivity contribution in [2.75, 3.05) is 11.5 Å². The number of hydrogen-bond acceptors (Lipinski definition) is 2. The fourth-order valence-electron chi connectivity index (χ4n) is 2.26. The second-order valence-corrected chi connectivity index (χ2v) is 5.80. The molecule has 0 bridgehead atoms. The van der Waals surface area contributed by atoms with Crippen molar-refractivity contribution in [2.45, 2.75) is 39.3 Å². The molecule has 1 aliphatic heterocycles. The maximum absolute atomic E-state index is 3.77. The van der Waals surface area contributed by atoms with Crippen LogP contribution in [0.1, 0.15) is 36.1 Å². The van der Waals surface area contributed by atoms with E-state index in [1.165, 1.54) is 34.6 Å². The Labute approximate surface area is 103 Å². The van der Waals surface area contributed by atoms with E-state index in [2.05, 4.69) is 56.0 Å². The van der Waals surface area contributed by atoms with Gasteiger partial charge in [-0.15, -0.1) is 0 Å². The third-order valence-electron chi connectivity index (χ3n) is 3.34. The van der Waals surface area contributed by atoms with Crippen molar-refractivity contribution < 1.29 is 0 Å². The molecule has 2 unspecified atom stereocenters. The smallest absolute Gasteiger partial charge is 0.0416 e. The van der Waals surface area contributed by atoms with Crippen LogP contribution in [-0.4, -0.2) is 17.5 Å². The topological polar surface area (TPSA) is 12.0 Å². The predicted octanol–water partition coefficient (Wildman–Crippen LogP) is 3.46. The molecule has 1 aliphatic rings. The van der Waals surface area contributed by atoms with Gasteiger partial charge in [0.15, 0.2) is 0 Å². The largest absolute Gasteiger partial charge is 0.306 e. The van der Waals surface area contributed by atoms with Gasteiger partial charge in [0, 0.05) is 23.6 Å². The lowest BCUT2D eigenvalue weighted by Gasteiger charge is -2.31. The Kier molecular flexibility index (Phi) is 3.93. The van der Waals surface area contributed by atoms with Gasteiger partial charge in [0.05, 0.1) is 0 Å². The van der Waals surface area contributed by atoms with E-state index in [9.17, 15) is 0 Å². The molecule has 0 amide bonds. The lowest BCUT2D eigenvalue weighted by molar-refractivity contribution is 0.465. The molecule has 0 spiro atoms. The van der Waals surface area contributed by atoms with E-state index in [4.69, 9.17) is 0 Å². The highest BCUT2D eigenvalue weighted by Crippen LogP contribution is 2.28. The first-order valence-corrected chi connectivity index (χ1v) is 7.27. The van der Waals surface area contributed by atoms with E-state index in [-0.39, 0.29) is 0 Å². The van der Waals surface area contributed by atoms with E-state index in [0.717, 1.165) is 0 Å². The Bertz CT molecular complexity index is 362. The summed E-state index contributed by atoms with van der Waals surface area (Å²) in [5, 5.41) is 3.77. The van der Waals surface area contributed by atoms with Gasteiger partial charge < -0.3 is 5.32 Å². The first-order valence-electron chi connectivity index (χ1n) is 6.11. The molecule has 2 atom stereocenters. The molecule has 0 aliphatic carbocycles. The minimum atomic E-state index is 0.545. The van der Waals surface area contributed by atoms with Crippen molar-refractivity contribution in [3.63, 3.8) is 0 Å². The second-order valence-electron chi connectivity index (χ2n) is 4.72. The summed E-state index contributed by atoms with van der Waals surface area (Å²) in [4.78, 5) is 0. The molecule has 1 N–H and O–H groups in total. The third-order valence-corrected chi connectivity index (χ3v) is 4.55. The molecule has 1 saturated heterocycles. The Morgan fingerprint density at radius 1 is 1.31 bits per heavy atom. The summed E-state index contributed by atoms with van der Waals surface area (Å²) in [6, 6.07) is 8.01. The summed E-state index contributed by atoms with van der Waals surface area (Å²) in [5.74, 6) is 2.47. The normalized spacial score (nSPS) is 25.7. The molecule has 1 heterocycles. The third kappa shape index (κ3) is 2.61. The molecule has 16 heavy (non-hydrogen) atoms. The summed E-state index contributed by atoms with van der Waals surface area (Å²) < 4.78 is 0. The van der Waals surface area contributed by atoms with Gasteiger partial charge in [-0.3, -0.25) is 0 Å². The summed E-state index contributed by atoms with van der Waals surface area (Å²) in [6.45, 7) is 6.66. The van der Waals surface area contributed by atoms with Gasteiger partial charge >= 0.3 is 0 Å². The van der Waals surface area contributed by atoms with Crippen LogP contribution in [0.25, 0.3) is 0 Å². The minimum Gasteiger partial charge on any atom is -0.306 e. The highest BCUT2D eigenvalue weighted by Gasteiger charge is 2.22. The molecule has 1 nitrogen and oxygen atoms in total. The number of aryl methyl sites for hydroxylation is 2. The Hall–Kier alpha value is -0.470. The molecule has 1 aromatic rings. The van der Waals surface area contributed by atoms with Crippen molar-refractivity contribution in [1.29, 1.82) is 0 Å². The fraction of sp³-hybridized carbons (Fsp3) is 0.571. The van der Waals surface area contributed by atoms with Gasteiger partial charge in [-0.2, -0.15) is 11.8 Å². The number of thioether (sulfide) groups is 1. The molecule has 88 valence electrons. The van der Waals surface area contributed by atoms with Crippen LogP contribution in [0.5, 0.6) is 0 Å². The fourth-order valence-corrected chi connectivity index (χ4v) is 3.52. The van der Waals surface area contributed by atoms with Crippen molar-refractivity contribution in [2.24, 2.45) is 0 Å². The molecule has 0 aromatic heterocycles. The van der Waals surface area contributed by atoms with E-state index in [0.29, 0.717) is 12.1 Å². The van der Waals surface area contributed by atoms with Crippen LogP contribution in [-0.2, 0) is 0 Å². The second kappa shape index (κ2) is 5.24. The van der Waals surface area contributed by atoms with Crippen molar-refractivity contribution in [1.82, 2.24) is 5.32 Å². The summed E-state index contributed by atoms with van der Waals surface area (Å²) in [7, 11) is 0. The molecule has 1 aromatic carbocycles. The highest BCUT2D eigenvalue weighted by atomic mass is 32.2. The summed E-state index contributed by atoms with van der Waals surface area (Å²) >= 11 is 2.08. The first-order chi connectivity index (χ1) is 7.70. The van der Waals surface area contributed by atoms with Crippen molar-refractivity contribution in [3.8, 4) is 0 Å². The van der Waals surface area contributed by atoms with E-state index in [1.807, 2.05) is 0 Å². The van der Waals surface area contributed by atoms with E-state index in [1.54, 1.807) is 0 Å². The maximum atomic E-state index is 3.77. The van der Waals surface area contributed by atoms with E-state index >= 15 is 0 Å². The van der Waals surface area contributed by atoms with Crippen LogP contribution < -0.4 is 5.32 Å². The average molecular weight is 235 g/mol. The van der Waals surface area contributed by atoms with Gasteiger partial charge in [-0.05, 0) is 31.4 Å². The number of nitrogens with one attached hydrogen (secondary N) is 1. The van der Waals surface area contributed by atoms with Gasteiger partial charge in [0.25, 0.3) is 0 Å². The molecule has 1 fully saturated rings. The Balaban J connectivity index is 2.19. The molecular formula is C14H21NS. The maximum Gasteiger partial charge on any atom is 0.0416 e.